The van der Waals surface area contributed by atoms with Gasteiger partial charge in [0.05, 0.1) is 18.9 Å². The summed E-state index contributed by atoms with van der Waals surface area (Å²) in [7, 11) is 0. The van der Waals surface area contributed by atoms with Gasteiger partial charge in [0, 0.05) is 30.0 Å². The monoisotopic (exact) mass is 355 g/mol. The first-order valence-electron chi connectivity index (χ1n) is 8.45. The Morgan fingerprint density at radius 2 is 1.80 bits per heavy atom. The number of carbonyl (C=O) groups is 3. The molecule has 1 unspecified atom stereocenters. The molecule has 0 aromatic heterocycles. The summed E-state index contributed by atoms with van der Waals surface area (Å²) in [6.45, 7) is 11.4. The summed E-state index contributed by atoms with van der Waals surface area (Å²) in [5, 5.41) is 12.5. The second kappa shape index (κ2) is 8.47. The fourth-order valence-electron chi connectivity index (χ4n) is 3.45. The van der Waals surface area contributed by atoms with E-state index in [0.717, 1.165) is 6.08 Å². The van der Waals surface area contributed by atoms with E-state index in [2.05, 4.69) is 11.9 Å². The number of rotatable bonds is 8. The van der Waals surface area contributed by atoms with Crippen LogP contribution in [0.5, 0.6) is 0 Å². The average molecular weight is 355 g/mol. The van der Waals surface area contributed by atoms with Crippen LogP contribution < -0.4 is 5.32 Å². The Hall–Kier alpha value is -1.89. The van der Waals surface area contributed by atoms with E-state index in [4.69, 9.17) is 14.6 Å². The van der Waals surface area contributed by atoms with E-state index in [0.29, 0.717) is 12.8 Å². The molecule has 2 N–H and O–H groups in total. The van der Waals surface area contributed by atoms with Gasteiger partial charge in [-0.2, -0.15) is 0 Å². The lowest BCUT2D eigenvalue weighted by Crippen LogP contribution is -2.59. The Morgan fingerprint density at radius 3 is 2.28 bits per heavy atom. The van der Waals surface area contributed by atoms with Crippen molar-refractivity contribution in [2.45, 2.75) is 70.6 Å². The van der Waals surface area contributed by atoms with Gasteiger partial charge >= 0.3 is 17.9 Å². The second-order valence-corrected chi connectivity index (χ2v) is 7.81. The SMILES string of the molecule is C=CC(=O)OCCC(CC(=O)O)C(=O)OC1CC(C)(C)NC(C)(C)C1. The first kappa shape index (κ1) is 21.2. The highest BCUT2D eigenvalue weighted by atomic mass is 16.5. The van der Waals surface area contributed by atoms with Crippen LogP contribution in [0.3, 0.4) is 0 Å². The van der Waals surface area contributed by atoms with Crippen LogP contribution in [0.4, 0.5) is 0 Å². The van der Waals surface area contributed by atoms with E-state index < -0.39 is 23.8 Å². The van der Waals surface area contributed by atoms with Crippen molar-refractivity contribution in [1.82, 2.24) is 5.32 Å². The van der Waals surface area contributed by atoms with Gasteiger partial charge in [0.25, 0.3) is 0 Å². The third kappa shape index (κ3) is 7.69. The van der Waals surface area contributed by atoms with E-state index in [1.807, 2.05) is 27.7 Å². The molecule has 0 saturated carbocycles. The number of piperidine rings is 1. The molecule has 0 radical (unpaired) electrons. The van der Waals surface area contributed by atoms with E-state index in [1.165, 1.54) is 0 Å². The normalized spacial score (nSPS) is 20.3. The van der Waals surface area contributed by atoms with E-state index in [-0.39, 0.29) is 36.6 Å². The number of carbonyl (C=O) groups excluding carboxylic acids is 2. The molecule has 0 aromatic rings. The number of carboxylic acids is 1. The summed E-state index contributed by atoms with van der Waals surface area (Å²) >= 11 is 0. The third-order valence-corrected chi connectivity index (χ3v) is 4.07. The third-order valence-electron chi connectivity index (χ3n) is 4.07. The molecule has 0 bridgehead atoms. The lowest BCUT2D eigenvalue weighted by atomic mass is 9.81. The maximum Gasteiger partial charge on any atom is 0.330 e. The maximum atomic E-state index is 12.4. The Kier molecular flexibility index (Phi) is 7.17. The number of hydrogen-bond donors (Lipinski definition) is 2. The molecular weight excluding hydrogens is 326 g/mol. The number of nitrogens with one attached hydrogen (secondary N) is 1. The van der Waals surface area contributed by atoms with Crippen molar-refractivity contribution in [2.24, 2.45) is 5.92 Å². The number of esters is 2. The highest BCUT2D eigenvalue weighted by molar-refractivity contribution is 5.81. The van der Waals surface area contributed by atoms with Crippen LogP contribution in [0.25, 0.3) is 0 Å². The molecule has 0 aliphatic carbocycles. The molecule has 1 saturated heterocycles. The zero-order chi connectivity index (χ0) is 19.3. The molecule has 7 heteroatoms. The van der Waals surface area contributed by atoms with Crippen LogP contribution in [0.15, 0.2) is 12.7 Å². The first-order valence-corrected chi connectivity index (χ1v) is 8.45. The summed E-state index contributed by atoms with van der Waals surface area (Å²) in [4.78, 5) is 34.5. The van der Waals surface area contributed by atoms with Gasteiger partial charge < -0.3 is 19.9 Å². The van der Waals surface area contributed by atoms with Crippen molar-refractivity contribution in [2.75, 3.05) is 6.61 Å². The molecule has 1 rings (SSSR count). The van der Waals surface area contributed by atoms with Crippen molar-refractivity contribution in [3.8, 4) is 0 Å². The predicted octanol–water partition coefficient (Wildman–Crippen LogP) is 2.05. The van der Waals surface area contributed by atoms with Crippen LogP contribution in [0.1, 0.15) is 53.4 Å². The van der Waals surface area contributed by atoms with Crippen LogP contribution in [-0.4, -0.2) is 46.8 Å². The lowest BCUT2D eigenvalue weighted by molar-refractivity contribution is -0.162. The Morgan fingerprint density at radius 1 is 1.24 bits per heavy atom. The molecule has 1 aliphatic rings. The molecule has 142 valence electrons. The van der Waals surface area contributed by atoms with Crippen molar-refractivity contribution in [1.29, 1.82) is 0 Å². The molecule has 1 fully saturated rings. The van der Waals surface area contributed by atoms with Gasteiger partial charge in [-0.25, -0.2) is 4.79 Å². The minimum atomic E-state index is -1.09. The summed E-state index contributed by atoms with van der Waals surface area (Å²) in [5.74, 6) is -3.11. The summed E-state index contributed by atoms with van der Waals surface area (Å²) in [6.07, 6.45) is 1.76. The van der Waals surface area contributed by atoms with Gasteiger partial charge in [-0.1, -0.05) is 6.58 Å². The minimum absolute atomic E-state index is 0.0545. The molecular formula is C18H29NO6. The van der Waals surface area contributed by atoms with Crippen molar-refractivity contribution >= 4 is 17.9 Å². The van der Waals surface area contributed by atoms with E-state index in [1.54, 1.807) is 0 Å². The van der Waals surface area contributed by atoms with E-state index >= 15 is 0 Å². The maximum absolute atomic E-state index is 12.4. The Bertz CT molecular complexity index is 510. The molecule has 0 spiro atoms. The zero-order valence-electron chi connectivity index (χ0n) is 15.5. The standard InChI is InChI=1S/C18H29NO6/c1-6-15(22)24-8-7-12(9-14(20)21)16(23)25-13-10-17(2,3)19-18(4,5)11-13/h6,12-13,19H,1,7-11H2,2-5H3,(H,20,21). The molecule has 1 aliphatic heterocycles. The highest BCUT2D eigenvalue weighted by Gasteiger charge is 2.40. The minimum Gasteiger partial charge on any atom is -0.481 e. The summed E-state index contributed by atoms with van der Waals surface area (Å²) in [6, 6.07) is 0. The molecule has 0 aromatic carbocycles. The summed E-state index contributed by atoms with van der Waals surface area (Å²) in [5.41, 5.74) is -0.372. The number of aliphatic carboxylic acids is 1. The van der Waals surface area contributed by atoms with Crippen LogP contribution in [0.2, 0.25) is 0 Å². The van der Waals surface area contributed by atoms with Gasteiger partial charge in [-0.15, -0.1) is 0 Å². The quantitative estimate of drug-likeness (QED) is 0.507. The topological polar surface area (TPSA) is 102 Å². The number of hydrogen-bond acceptors (Lipinski definition) is 6. The summed E-state index contributed by atoms with van der Waals surface area (Å²) < 4.78 is 10.4. The van der Waals surface area contributed by atoms with Gasteiger partial charge in [-0.05, 0) is 34.1 Å². The van der Waals surface area contributed by atoms with Gasteiger partial charge in [0.15, 0.2) is 0 Å². The Labute approximate surface area is 148 Å². The lowest BCUT2D eigenvalue weighted by Gasteiger charge is -2.46. The first-order chi connectivity index (χ1) is 11.4. The predicted molar refractivity (Wildman–Crippen MR) is 91.9 cm³/mol. The van der Waals surface area contributed by atoms with Gasteiger partial charge in [0.2, 0.25) is 0 Å². The van der Waals surface area contributed by atoms with Crippen molar-refractivity contribution < 1.29 is 29.0 Å². The number of ether oxygens (including phenoxy) is 2. The number of carboxylic acid groups (broad SMARTS) is 1. The molecule has 25 heavy (non-hydrogen) atoms. The smallest absolute Gasteiger partial charge is 0.330 e. The van der Waals surface area contributed by atoms with E-state index in [9.17, 15) is 14.4 Å². The van der Waals surface area contributed by atoms with Gasteiger partial charge in [0.1, 0.15) is 6.10 Å². The molecule has 7 nitrogen and oxygen atoms in total. The fraction of sp³-hybridized carbons (Fsp3) is 0.722. The molecule has 1 heterocycles. The van der Waals surface area contributed by atoms with Crippen LogP contribution in [0, 0.1) is 5.92 Å². The molecule has 1 atom stereocenters. The molecule has 0 amide bonds. The zero-order valence-corrected chi connectivity index (χ0v) is 15.5. The van der Waals surface area contributed by atoms with Gasteiger partial charge in [-0.3, -0.25) is 9.59 Å². The fourth-order valence-corrected chi connectivity index (χ4v) is 3.45. The average Bonchev–Trinajstić information content (AvgIpc) is 2.41. The largest absolute Gasteiger partial charge is 0.481 e. The Balaban J connectivity index is 2.68. The van der Waals surface area contributed by atoms with Crippen LogP contribution in [-0.2, 0) is 23.9 Å². The van der Waals surface area contributed by atoms with Crippen molar-refractivity contribution in [3.05, 3.63) is 12.7 Å². The second-order valence-electron chi connectivity index (χ2n) is 7.81. The van der Waals surface area contributed by atoms with Crippen molar-refractivity contribution in [3.63, 3.8) is 0 Å². The van der Waals surface area contributed by atoms with Crippen LogP contribution >= 0.6 is 0 Å². The highest BCUT2D eigenvalue weighted by Crippen LogP contribution is 2.31.